The fourth-order valence-electron chi connectivity index (χ4n) is 2.80. The van der Waals surface area contributed by atoms with E-state index in [9.17, 15) is 9.59 Å². The molecule has 0 fully saturated rings. The smallest absolute Gasteiger partial charge is 0.248 e. The van der Waals surface area contributed by atoms with Gasteiger partial charge in [-0.05, 0) is 42.8 Å². The molecule has 3 aromatic rings. The Bertz CT molecular complexity index is 1040. The quantitative estimate of drug-likeness (QED) is 0.589. The standard InChI is InChI=1S/C22H21ClN4O2/c1-15-20(22(23)27(26-15)14-17-6-4-3-5-7-17)12-13-21(29)25-19-10-8-18(9-11-19)24-16(2)28/h3-13H,14H2,1-2H3,(H,24,28)(H,25,29)/b13-12+. The Kier molecular flexibility index (Phi) is 6.46. The summed E-state index contributed by atoms with van der Waals surface area (Å²) >= 11 is 6.47. The molecule has 29 heavy (non-hydrogen) atoms. The zero-order valence-electron chi connectivity index (χ0n) is 16.1. The van der Waals surface area contributed by atoms with Crippen molar-refractivity contribution in [2.45, 2.75) is 20.4 Å². The number of aryl methyl sites for hydroxylation is 1. The lowest BCUT2D eigenvalue weighted by atomic mass is 10.2. The highest BCUT2D eigenvalue weighted by atomic mass is 35.5. The van der Waals surface area contributed by atoms with Gasteiger partial charge in [-0.15, -0.1) is 0 Å². The van der Waals surface area contributed by atoms with Gasteiger partial charge in [-0.1, -0.05) is 41.9 Å². The van der Waals surface area contributed by atoms with E-state index in [4.69, 9.17) is 11.6 Å². The van der Waals surface area contributed by atoms with Crippen molar-refractivity contribution >= 4 is 40.9 Å². The molecular weight excluding hydrogens is 388 g/mol. The molecule has 6 nitrogen and oxygen atoms in total. The number of halogens is 1. The minimum atomic E-state index is -0.288. The number of carbonyl (C=O) groups is 2. The van der Waals surface area contributed by atoms with E-state index in [2.05, 4.69) is 15.7 Å². The molecule has 2 amide bonds. The molecule has 0 aliphatic carbocycles. The van der Waals surface area contributed by atoms with E-state index < -0.39 is 0 Å². The second kappa shape index (κ2) is 9.21. The normalized spacial score (nSPS) is 10.9. The number of rotatable bonds is 6. The molecule has 0 radical (unpaired) electrons. The van der Waals surface area contributed by atoms with E-state index in [0.717, 1.165) is 11.3 Å². The molecule has 2 aromatic carbocycles. The average molecular weight is 409 g/mol. The van der Waals surface area contributed by atoms with Crippen LogP contribution < -0.4 is 10.6 Å². The van der Waals surface area contributed by atoms with Crippen LogP contribution in [-0.2, 0) is 16.1 Å². The predicted octanol–water partition coefficient (Wildman–Crippen LogP) is 4.50. The first-order chi connectivity index (χ1) is 13.9. The lowest BCUT2D eigenvalue weighted by molar-refractivity contribution is -0.114. The van der Waals surface area contributed by atoms with Gasteiger partial charge in [0.05, 0.1) is 12.2 Å². The molecule has 0 bridgehead atoms. The van der Waals surface area contributed by atoms with E-state index in [-0.39, 0.29) is 11.8 Å². The molecule has 0 unspecified atom stereocenters. The maximum absolute atomic E-state index is 12.2. The van der Waals surface area contributed by atoms with Crippen molar-refractivity contribution < 1.29 is 9.59 Å². The molecule has 3 rings (SSSR count). The van der Waals surface area contributed by atoms with E-state index in [1.807, 2.05) is 37.3 Å². The van der Waals surface area contributed by atoms with Crippen molar-refractivity contribution in [1.29, 1.82) is 0 Å². The molecule has 7 heteroatoms. The zero-order valence-corrected chi connectivity index (χ0v) is 16.9. The summed E-state index contributed by atoms with van der Waals surface area (Å²) in [6.07, 6.45) is 3.08. The maximum Gasteiger partial charge on any atom is 0.248 e. The predicted molar refractivity (Wildman–Crippen MR) is 116 cm³/mol. The van der Waals surface area contributed by atoms with Crippen LogP contribution in [0.3, 0.4) is 0 Å². The molecule has 0 spiro atoms. The average Bonchev–Trinajstić information content (AvgIpc) is 2.95. The van der Waals surface area contributed by atoms with Crippen LogP contribution in [0, 0.1) is 6.92 Å². The molecule has 148 valence electrons. The summed E-state index contributed by atoms with van der Waals surface area (Å²) in [6, 6.07) is 16.8. The van der Waals surface area contributed by atoms with Crippen LogP contribution in [0.2, 0.25) is 5.15 Å². The van der Waals surface area contributed by atoms with Gasteiger partial charge in [0, 0.05) is 29.9 Å². The minimum absolute atomic E-state index is 0.148. The van der Waals surface area contributed by atoms with E-state index in [0.29, 0.717) is 28.6 Å². The number of benzene rings is 2. The van der Waals surface area contributed by atoms with Crippen LogP contribution in [-0.4, -0.2) is 21.6 Å². The van der Waals surface area contributed by atoms with Crippen molar-refractivity contribution in [3.05, 3.63) is 82.6 Å². The van der Waals surface area contributed by atoms with Gasteiger partial charge in [-0.3, -0.25) is 9.59 Å². The van der Waals surface area contributed by atoms with Gasteiger partial charge in [0.1, 0.15) is 5.15 Å². The number of hydrogen-bond acceptors (Lipinski definition) is 3. The third kappa shape index (κ3) is 5.56. The monoisotopic (exact) mass is 408 g/mol. The number of aromatic nitrogens is 2. The Hall–Kier alpha value is -3.38. The number of nitrogens with zero attached hydrogens (tertiary/aromatic N) is 2. The van der Waals surface area contributed by atoms with Gasteiger partial charge >= 0.3 is 0 Å². The summed E-state index contributed by atoms with van der Waals surface area (Å²) in [7, 11) is 0. The Morgan fingerprint density at radius 2 is 1.66 bits per heavy atom. The van der Waals surface area contributed by atoms with Gasteiger partial charge in [0.2, 0.25) is 11.8 Å². The van der Waals surface area contributed by atoms with Gasteiger partial charge in [0.25, 0.3) is 0 Å². The Labute approximate surface area is 174 Å². The minimum Gasteiger partial charge on any atom is -0.326 e. The lowest BCUT2D eigenvalue weighted by Gasteiger charge is -2.05. The second-order valence-electron chi connectivity index (χ2n) is 6.51. The molecular formula is C22H21ClN4O2. The highest BCUT2D eigenvalue weighted by Crippen LogP contribution is 2.22. The van der Waals surface area contributed by atoms with Crippen LogP contribution in [0.1, 0.15) is 23.7 Å². The molecule has 2 N–H and O–H groups in total. The van der Waals surface area contributed by atoms with Crippen LogP contribution >= 0.6 is 11.6 Å². The van der Waals surface area contributed by atoms with Crippen LogP contribution in [0.4, 0.5) is 11.4 Å². The van der Waals surface area contributed by atoms with Crippen LogP contribution in [0.5, 0.6) is 0 Å². The fourth-order valence-corrected chi connectivity index (χ4v) is 3.10. The van der Waals surface area contributed by atoms with Crippen molar-refractivity contribution in [2.24, 2.45) is 0 Å². The first kappa shape index (κ1) is 20.4. The van der Waals surface area contributed by atoms with Crippen LogP contribution in [0.25, 0.3) is 6.08 Å². The molecule has 0 aliphatic heterocycles. The van der Waals surface area contributed by atoms with Crippen molar-refractivity contribution in [2.75, 3.05) is 10.6 Å². The number of nitrogens with one attached hydrogen (secondary N) is 2. The first-order valence-electron chi connectivity index (χ1n) is 9.06. The van der Waals surface area contributed by atoms with Gasteiger partial charge in [0.15, 0.2) is 0 Å². The Morgan fingerprint density at radius 3 is 2.28 bits per heavy atom. The number of anilines is 2. The number of carbonyl (C=O) groups excluding carboxylic acids is 2. The van der Waals surface area contributed by atoms with Crippen molar-refractivity contribution in [3.63, 3.8) is 0 Å². The summed E-state index contributed by atoms with van der Waals surface area (Å²) in [6.45, 7) is 3.85. The first-order valence-corrected chi connectivity index (χ1v) is 9.43. The zero-order chi connectivity index (χ0) is 20.8. The van der Waals surface area contributed by atoms with Crippen LogP contribution in [0.15, 0.2) is 60.7 Å². The third-order valence-corrected chi connectivity index (χ3v) is 4.56. The molecule has 0 atom stereocenters. The summed E-state index contributed by atoms with van der Waals surface area (Å²) in [4.78, 5) is 23.3. The summed E-state index contributed by atoms with van der Waals surface area (Å²) in [5, 5.41) is 10.4. The van der Waals surface area contributed by atoms with Crippen molar-refractivity contribution in [3.8, 4) is 0 Å². The second-order valence-corrected chi connectivity index (χ2v) is 6.87. The van der Waals surface area contributed by atoms with E-state index >= 15 is 0 Å². The third-order valence-electron chi connectivity index (χ3n) is 4.16. The largest absolute Gasteiger partial charge is 0.326 e. The van der Waals surface area contributed by atoms with E-state index in [1.54, 1.807) is 35.0 Å². The van der Waals surface area contributed by atoms with Crippen molar-refractivity contribution in [1.82, 2.24) is 9.78 Å². The molecule has 0 saturated heterocycles. The molecule has 0 saturated carbocycles. The highest BCUT2D eigenvalue weighted by Gasteiger charge is 2.12. The highest BCUT2D eigenvalue weighted by molar-refractivity contribution is 6.31. The molecule has 1 heterocycles. The summed E-state index contributed by atoms with van der Waals surface area (Å²) in [5.74, 6) is -0.437. The molecule has 1 aromatic heterocycles. The lowest BCUT2D eigenvalue weighted by Crippen LogP contribution is -2.08. The Morgan fingerprint density at radius 1 is 1.03 bits per heavy atom. The van der Waals surface area contributed by atoms with Gasteiger partial charge in [-0.2, -0.15) is 5.10 Å². The fraction of sp³-hybridized carbons (Fsp3) is 0.136. The number of hydrogen-bond donors (Lipinski definition) is 2. The number of amides is 2. The maximum atomic E-state index is 12.2. The summed E-state index contributed by atoms with van der Waals surface area (Å²) < 4.78 is 1.71. The summed E-state index contributed by atoms with van der Waals surface area (Å²) in [5.41, 5.74) is 3.83. The van der Waals surface area contributed by atoms with E-state index in [1.165, 1.54) is 13.0 Å². The Balaban J connectivity index is 1.66. The topological polar surface area (TPSA) is 76.0 Å². The van der Waals surface area contributed by atoms with Gasteiger partial charge < -0.3 is 10.6 Å². The van der Waals surface area contributed by atoms with Gasteiger partial charge in [-0.25, -0.2) is 4.68 Å². The SMILES string of the molecule is CC(=O)Nc1ccc(NC(=O)/C=C/c2c(C)nn(Cc3ccccc3)c2Cl)cc1. The molecule has 0 aliphatic rings.